The van der Waals surface area contributed by atoms with Crippen molar-refractivity contribution in [3.63, 3.8) is 0 Å². The first-order valence-corrected chi connectivity index (χ1v) is 6.64. The Kier molecular flexibility index (Phi) is 3.55. The summed E-state index contributed by atoms with van der Waals surface area (Å²) in [6.07, 6.45) is 8.96. The number of hydrogen-bond donors (Lipinski definition) is 1. The second-order valence-electron chi connectivity index (χ2n) is 5.10. The van der Waals surface area contributed by atoms with E-state index in [1.807, 2.05) is 0 Å². The highest BCUT2D eigenvalue weighted by Crippen LogP contribution is 2.38. The van der Waals surface area contributed by atoms with E-state index in [4.69, 9.17) is 11.6 Å². The Morgan fingerprint density at radius 1 is 1.33 bits per heavy atom. The molecular weight excluding hydrogens is 210 g/mol. The van der Waals surface area contributed by atoms with E-state index < -0.39 is 0 Å². The van der Waals surface area contributed by atoms with Gasteiger partial charge < -0.3 is 5.32 Å². The van der Waals surface area contributed by atoms with Gasteiger partial charge in [0.05, 0.1) is 0 Å². The van der Waals surface area contributed by atoms with Crippen LogP contribution in [0.2, 0.25) is 0 Å². The molecule has 2 fully saturated rings. The third kappa shape index (κ3) is 2.66. The quantitative estimate of drug-likeness (QED) is 0.725. The maximum absolute atomic E-state index is 11.4. The van der Waals surface area contributed by atoms with Crippen LogP contribution in [0.15, 0.2) is 0 Å². The molecule has 0 radical (unpaired) electrons. The zero-order valence-electron chi connectivity index (χ0n) is 9.23. The first-order chi connectivity index (χ1) is 7.24. The molecule has 0 aromatic heterocycles. The summed E-state index contributed by atoms with van der Waals surface area (Å²) in [4.78, 5) is 11.4. The fourth-order valence-corrected chi connectivity index (χ4v) is 3.36. The normalized spacial score (nSPS) is 36.6. The molecule has 0 bridgehead atoms. The SMILES string of the molecule is O=C1CCCC2(CCC(CCCl)CC2)N1. The Morgan fingerprint density at radius 2 is 2.07 bits per heavy atom. The largest absolute Gasteiger partial charge is 0.351 e. The Hall–Kier alpha value is -0.240. The van der Waals surface area contributed by atoms with Crippen molar-refractivity contribution in [2.45, 2.75) is 56.9 Å². The second kappa shape index (κ2) is 4.73. The molecule has 2 aliphatic rings. The molecule has 2 nitrogen and oxygen atoms in total. The van der Waals surface area contributed by atoms with Crippen LogP contribution in [0.25, 0.3) is 0 Å². The number of carbonyl (C=O) groups excluding carboxylic acids is 1. The van der Waals surface area contributed by atoms with Gasteiger partial charge >= 0.3 is 0 Å². The lowest BCUT2D eigenvalue weighted by Crippen LogP contribution is -2.53. The molecule has 0 aromatic carbocycles. The number of carbonyl (C=O) groups is 1. The van der Waals surface area contributed by atoms with Crippen molar-refractivity contribution in [3.8, 4) is 0 Å². The van der Waals surface area contributed by atoms with Gasteiger partial charge in [-0.3, -0.25) is 4.79 Å². The monoisotopic (exact) mass is 229 g/mol. The van der Waals surface area contributed by atoms with Crippen LogP contribution in [-0.2, 0) is 4.79 Å². The van der Waals surface area contributed by atoms with E-state index in [-0.39, 0.29) is 11.4 Å². The molecular formula is C12H20ClNO. The van der Waals surface area contributed by atoms with Crippen LogP contribution in [0, 0.1) is 5.92 Å². The lowest BCUT2D eigenvalue weighted by molar-refractivity contribution is -0.125. The van der Waals surface area contributed by atoms with E-state index in [0.717, 1.165) is 31.1 Å². The van der Waals surface area contributed by atoms with Gasteiger partial charge in [0.15, 0.2) is 0 Å². The van der Waals surface area contributed by atoms with Crippen molar-refractivity contribution in [3.05, 3.63) is 0 Å². The summed E-state index contributed by atoms with van der Waals surface area (Å²) in [5.74, 6) is 1.84. The van der Waals surface area contributed by atoms with Crippen molar-refractivity contribution in [1.29, 1.82) is 0 Å². The summed E-state index contributed by atoms with van der Waals surface area (Å²) in [6.45, 7) is 0. The number of halogens is 1. The fourth-order valence-electron chi connectivity index (χ4n) is 3.06. The van der Waals surface area contributed by atoms with Crippen LogP contribution in [0.5, 0.6) is 0 Å². The van der Waals surface area contributed by atoms with E-state index in [1.54, 1.807) is 0 Å². The lowest BCUT2D eigenvalue weighted by atomic mass is 9.72. The molecule has 86 valence electrons. The summed E-state index contributed by atoms with van der Waals surface area (Å²) in [7, 11) is 0. The smallest absolute Gasteiger partial charge is 0.220 e. The minimum Gasteiger partial charge on any atom is -0.351 e. The Morgan fingerprint density at radius 3 is 2.67 bits per heavy atom. The van der Waals surface area contributed by atoms with E-state index in [2.05, 4.69) is 5.32 Å². The fraction of sp³-hybridized carbons (Fsp3) is 0.917. The zero-order valence-corrected chi connectivity index (χ0v) is 9.98. The Bertz CT molecular complexity index is 234. The van der Waals surface area contributed by atoms with Gasteiger partial charge in [0, 0.05) is 17.8 Å². The van der Waals surface area contributed by atoms with Gasteiger partial charge in [-0.2, -0.15) is 0 Å². The minimum atomic E-state index is 0.165. The maximum Gasteiger partial charge on any atom is 0.220 e. The predicted molar refractivity (Wildman–Crippen MR) is 62.0 cm³/mol. The first-order valence-electron chi connectivity index (χ1n) is 6.11. The van der Waals surface area contributed by atoms with Gasteiger partial charge in [0.1, 0.15) is 0 Å². The van der Waals surface area contributed by atoms with Gasteiger partial charge in [0.25, 0.3) is 0 Å². The van der Waals surface area contributed by atoms with Crippen molar-refractivity contribution in [2.75, 3.05) is 5.88 Å². The van der Waals surface area contributed by atoms with Crippen LogP contribution in [0.3, 0.4) is 0 Å². The number of alkyl halides is 1. The summed E-state index contributed by atoms with van der Waals surface area (Å²) >= 11 is 5.77. The third-order valence-corrected chi connectivity index (χ3v) is 4.26. The molecule has 0 unspecified atom stereocenters. The van der Waals surface area contributed by atoms with E-state index in [1.165, 1.54) is 32.1 Å². The topological polar surface area (TPSA) is 29.1 Å². The molecule has 1 spiro atoms. The second-order valence-corrected chi connectivity index (χ2v) is 5.48. The van der Waals surface area contributed by atoms with E-state index >= 15 is 0 Å². The number of piperidine rings is 1. The number of nitrogens with one attached hydrogen (secondary N) is 1. The Balaban J connectivity index is 1.88. The maximum atomic E-state index is 11.4. The molecule has 1 saturated carbocycles. The standard InChI is InChI=1S/C12H20ClNO/c13-9-5-10-3-7-12(8-4-10)6-1-2-11(15)14-12/h10H,1-9H2,(H,14,15). The molecule has 15 heavy (non-hydrogen) atoms. The van der Waals surface area contributed by atoms with Gasteiger partial charge in [-0.25, -0.2) is 0 Å². The van der Waals surface area contributed by atoms with Crippen LogP contribution >= 0.6 is 11.6 Å². The highest BCUT2D eigenvalue weighted by Gasteiger charge is 2.38. The predicted octanol–water partition coefficient (Wildman–Crippen LogP) is 2.84. The van der Waals surface area contributed by atoms with Crippen molar-refractivity contribution < 1.29 is 4.79 Å². The Labute approximate surface area is 96.8 Å². The first kappa shape index (κ1) is 11.3. The van der Waals surface area contributed by atoms with Crippen molar-refractivity contribution in [2.24, 2.45) is 5.92 Å². The minimum absolute atomic E-state index is 0.165. The van der Waals surface area contributed by atoms with Gasteiger partial charge in [0.2, 0.25) is 5.91 Å². The molecule has 1 saturated heterocycles. The summed E-state index contributed by atoms with van der Waals surface area (Å²) in [5, 5.41) is 3.22. The van der Waals surface area contributed by atoms with Gasteiger partial charge in [-0.1, -0.05) is 0 Å². The van der Waals surface area contributed by atoms with E-state index in [9.17, 15) is 4.79 Å². The zero-order chi connectivity index (χ0) is 10.7. The lowest BCUT2D eigenvalue weighted by Gasteiger charge is -2.43. The summed E-state index contributed by atoms with van der Waals surface area (Å²) in [5.41, 5.74) is 0.165. The molecule has 2 rings (SSSR count). The van der Waals surface area contributed by atoms with Gasteiger partial charge in [-0.05, 0) is 50.9 Å². The molecule has 1 N–H and O–H groups in total. The number of amides is 1. The molecule has 1 heterocycles. The molecule has 0 aromatic rings. The summed E-state index contributed by atoms with van der Waals surface area (Å²) in [6, 6.07) is 0. The molecule has 0 atom stereocenters. The number of rotatable bonds is 2. The third-order valence-electron chi connectivity index (χ3n) is 4.04. The van der Waals surface area contributed by atoms with Crippen LogP contribution in [-0.4, -0.2) is 17.3 Å². The molecule has 1 amide bonds. The van der Waals surface area contributed by atoms with Crippen LogP contribution in [0.1, 0.15) is 51.4 Å². The van der Waals surface area contributed by atoms with Crippen LogP contribution in [0.4, 0.5) is 0 Å². The van der Waals surface area contributed by atoms with Gasteiger partial charge in [-0.15, -0.1) is 11.6 Å². The van der Waals surface area contributed by atoms with E-state index in [0.29, 0.717) is 0 Å². The van der Waals surface area contributed by atoms with Crippen LogP contribution < -0.4 is 5.32 Å². The highest BCUT2D eigenvalue weighted by molar-refractivity contribution is 6.17. The molecule has 1 aliphatic carbocycles. The van der Waals surface area contributed by atoms with Crippen molar-refractivity contribution >= 4 is 17.5 Å². The average molecular weight is 230 g/mol. The number of hydrogen-bond acceptors (Lipinski definition) is 1. The summed E-state index contributed by atoms with van der Waals surface area (Å²) < 4.78 is 0. The molecule has 1 aliphatic heterocycles. The molecule has 3 heteroatoms. The average Bonchev–Trinajstić information content (AvgIpc) is 2.22. The highest BCUT2D eigenvalue weighted by atomic mass is 35.5. The van der Waals surface area contributed by atoms with Crippen molar-refractivity contribution in [1.82, 2.24) is 5.32 Å².